The lowest BCUT2D eigenvalue weighted by Crippen LogP contribution is -2.47. The number of carbonyl (C=O) groups excluding carboxylic acids is 1. The summed E-state index contributed by atoms with van der Waals surface area (Å²) in [6.07, 6.45) is 2.87. The van der Waals surface area contributed by atoms with Crippen LogP contribution >= 0.6 is 0 Å². The van der Waals surface area contributed by atoms with Crippen LogP contribution < -0.4 is 10.9 Å². The van der Waals surface area contributed by atoms with Gasteiger partial charge in [0.1, 0.15) is 5.56 Å². The topological polar surface area (TPSA) is 83.0 Å². The normalized spacial score (nSPS) is 20.3. The third kappa shape index (κ3) is 3.93. The van der Waals surface area contributed by atoms with Crippen molar-refractivity contribution in [3.05, 3.63) is 87.1 Å². The van der Waals surface area contributed by atoms with Gasteiger partial charge in [-0.25, -0.2) is 0 Å². The Hall–Kier alpha value is -3.19. The van der Waals surface area contributed by atoms with Gasteiger partial charge in [-0.15, -0.1) is 0 Å². The van der Waals surface area contributed by atoms with E-state index in [0.717, 1.165) is 48.6 Å². The van der Waals surface area contributed by atoms with Crippen molar-refractivity contribution >= 4 is 5.91 Å². The fraction of sp³-hybridized carbons (Fsp3) is 0.375. The van der Waals surface area contributed by atoms with E-state index in [2.05, 4.69) is 20.4 Å². The first kappa shape index (κ1) is 19.8. The zero-order valence-corrected chi connectivity index (χ0v) is 17.7. The van der Waals surface area contributed by atoms with Crippen LogP contribution in [0.1, 0.15) is 45.2 Å². The average molecular weight is 418 g/mol. The van der Waals surface area contributed by atoms with Gasteiger partial charge in [-0.05, 0) is 48.6 Å². The number of H-pyrrole nitrogens is 1. The molecule has 0 aliphatic carbocycles. The Morgan fingerprint density at radius 1 is 1.16 bits per heavy atom. The second-order valence-corrected chi connectivity index (χ2v) is 8.77. The maximum Gasteiger partial charge on any atom is 0.263 e. The zero-order chi connectivity index (χ0) is 21.4. The Bertz CT molecular complexity index is 1150. The van der Waals surface area contributed by atoms with Crippen LogP contribution in [0.5, 0.6) is 0 Å². The maximum absolute atomic E-state index is 13.2. The van der Waals surface area contributed by atoms with E-state index in [9.17, 15) is 9.59 Å². The highest BCUT2D eigenvalue weighted by Crippen LogP contribution is 2.35. The van der Waals surface area contributed by atoms with E-state index in [1.165, 1.54) is 0 Å². The van der Waals surface area contributed by atoms with E-state index in [-0.39, 0.29) is 17.0 Å². The second-order valence-electron chi connectivity index (χ2n) is 8.77. The molecule has 1 amide bonds. The number of piperidine rings is 1. The minimum Gasteiger partial charge on any atom is -0.348 e. The summed E-state index contributed by atoms with van der Waals surface area (Å²) in [5, 5.41) is 9.99. The van der Waals surface area contributed by atoms with Gasteiger partial charge in [-0.1, -0.05) is 24.3 Å². The van der Waals surface area contributed by atoms with E-state index < -0.39 is 0 Å². The zero-order valence-electron chi connectivity index (χ0n) is 17.7. The molecule has 0 radical (unpaired) electrons. The predicted molar refractivity (Wildman–Crippen MR) is 118 cm³/mol. The molecule has 2 bridgehead atoms. The summed E-state index contributed by atoms with van der Waals surface area (Å²) in [4.78, 5) is 28.4. The first-order chi connectivity index (χ1) is 15.1. The van der Waals surface area contributed by atoms with E-state index >= 15 is 0 Å². The number of pyridine rings is 1. The molecule has 2 aliphatic heterocycles. The summed E-state index contributed by atoms with van der Waals surface area (Å²) >= 11 is 0. The lowest BCUT2D eigenvalue weighted by Gasteiger charge is -2.42. The number of likely N-dealkylation sites (tertiary alicyclic amines) is 1. The van der Waals surface area contributed by atoms with Crippen molar-refractivity contribution in [1.29, 1.82) is 0 Å². The molecule has 1 aromatic carbocycles. The molecule has 1 saturated heterocycles. The largest absolute Gasteiger partial charge is 0.348 e. The van der Waals surface area contributed by atoms with Gasteiger partial charge in [0, 0.05) is 56.2 Å². The monoisotopic (exact) mass is 417 g/mol. The Labute approximate surface area is 181 Å². The molecular formula is C24H27N5O2. The molecular weight excluding hydrogens is 390 g/mol. The van der Waals surface area contributed by atoms with Crippen LogP contribution in [0.15, 0.2) is 53.5 Å². The van der Waals surface area contributed by atoms with Crippen LogP contribution in [0.25, 0.3) is 0 Å². The van der Waals surface area contributed by atoms with Gasteiger partial charge >= 0.3 is 0 Å². The number of amides is 1. The molecule has 2 aromatic heterocycles. The van der Waals surface area contributed by atoms with E-state index in [4.69, 9.17) is 0 Å². The van der Waals surface area contributed by atoms with Crippen LogP contribution in [-0.2, 0) is 19.6 Å². The number of fused-ring (bicyclic) bond motifs is 4. The smallest absolute Gasteiger partial charge is 0.263 e. The lowest BCUT2D eigenvalue weighted by atomic mass is 9.83. The molecule has 0 saturated carbocycles. The Morgan fingerprint density at radius 3 is 2.84 bits per heavy atom. The maximum atomic E-state index is 13.2. The number of nitrogens with one attached hydrogen (secondary N) is 2. The van der Waals surface area contributed by atoms with Gasteiger partial charge in [0.25, 0.3) is 11.5 Å². The molecule has 2 atom stereocenters. The molecule has 5 rings (SSSR count). The predicted octanol–water partition coefficient (Wildman–Crippen LogP) is 2.43. The van der Waals surface area contributed by atoms with E-state index in [1.54, 1.807) is 12.3 Å². The standard InChI is InChI=1S/C24H27N5O2/c1-16-4-2-3-5-18(16)11-25-23(30)21-6-7-22-19-10-17(13-29(22)24(21)31)12-28(14-19)15-20-8-9-26-27-20/h2-9,17,19H,10-15H2,1H3,(H,25,30)(H,26,27)/t17-,19+/m0/s1. The summed E-state index contributed by atoms with van der Waals surface area (Å²) in [6, 6.07) is 13.6. The van der Waals surface area contributed by atoms with Crippen LogP contribution in [0, 0.1) is 12.8 Å². The number of rotatable bonds is 5. The van der Waals surface area contributed by atoms with Crippen molar-refractivity contribution in [3.63, 3.8) is 0 Å². The van der Waals surface area contributed by atoms with Gasteiger partial charge in [-0.2, -0.15) is 5.10 Å². The van der Waals surface area contributed by atoms with E-state index in [1.807, 2.05) is 47.9 Å². The molecule has 4 heterocycles. The second kappa shape index (κ2) is 8.15. The summed E-state index contributed by atoms with van der Waals surface area (Å²) in [6.45, 7) is 5.81. The molecule has 31 heavy (non-hydrogen) atoms. The first-order valence-corrected chi connectivity index (χ1v) is 10.9. The minimum absolute atomic E-state index is 0.170. The molecule has 7 heteroatoms. The number of hydrogen-bond donors (Lipinski definition) is 2. The van der Waals surface area contributed by atoms with Crippen LogP contribution in [0.2, 0.25) is 0 Å². The van der Waals surface area contributed by atoms with Crippen LogP contribution in [0.4, 0.5) is 0 Å². The minimum atomic E-state index is -0.305. The molecule has 2 aliphatic rings. The van der Waals surface area contributed by atoms with Crippen molar-refractivity contribution in [3.8, 4) is 0 Å². The van der Waals surface area contributed by atoms with Gasteiger partial charge in [0.05, 0.1) is 0 Å². The Balaban J connectivity index is 1.33. The molecule has 160 valence electrons. The van der Waals surface area contributed by atoms with Crippen molar-refractivity contribution in [1.82, 2.24) is 25.0 Å². The average Bonchev–Trinajstić information content (AvgIpc) is 3.27. The van der Waals surface area contributed by atoms with Crippen molar-refractivity contribution in [2.75, 3.05) is 13.1 Å². The highest BCUT2D eigenvalue weighted by Gasteiger charge is 2.35. The highest BCUT2D eigenvalue weighted by atomic mass is 16.2. The number of aryl methyl sites for hydroxylation is 1. The van der Waals surface area contributed by atoms with Crippen LogP contribution in [-0.4, -0.2) is 38.7 Å². The molecule has 0 spiro atoms. The summed E-state index contributed by atoms with van der Waals surface area (Å²) in [7, 11) is 0. The fourth-order valence-electron chi connectivity index (χ4n) is 5.04. The Morgan fingerprint density at radius 2 is 2.03 bits per heavy atom. The van der Waals surface area contributed by atoms with Gasteiger partial charge in [-0.3, -0.25) is 19.6 Å². The Kier molecular flexibility index (Phi) is 5.19. The molecule has 1 fully saturated rings. The highest BCUT2D eigenvalue weighted by molar-refractivity contribution is 5.93. The number of hydrogen-bond acceptors (Lipinski definition) is 4. The number of nitrogens with zero attached hydrogens (tertiary/aromatic N) is 3. The molecule has 2 N–H and O–H groups in total. The lowest BCUT2D eigenvalue weighted by molar-refractivity contribution is 0.0943. The third-order valence-corrected chi connectivity index (χ3v) is 6.58. The van der Waals surface area contributed by atoms with Gasteiger partial charge in [0.2, 0.25) is 0 Å². The number of aromatic nitrogens is 3. The van der Waals surface area contributed by atoms with Crippen molar-refractivity contribution < 1.29 is 4.79 Å². The SMILES string of the molecule is Cc1ccccc1CNC(=O)c1ccc2n(c1=O)C[C@H]1C[C@@H]2CN(Cc2ccn[nH]2)C1. The number of benzene rings is 1. The van der Waals surface area contributed by atoms with E-state index in [0.29, 0.717) is 24.9 Å². The number of aromatic amines is 1. The van der Waals surface area contributed by atoms with Crippen LogP contribution in [0.3, 0.4) is 0 Å². The van der Waals surface area contributed by atoms with Gasteiger partial charge in [0.15, 0.2) is 0 Å². The quantitative estimate of drug-likeness (QED) is 0.668. The van der Waals surface area contributed by atoms with Gasteiger partial charge < -0.3 is 9.88 Å². The third-order valence-electron chi connectivity index (χ3n) is 6.58. The van der Waals surface area contributed by atoms with Crippen molar-refractivity contribution in [2.24, 2.45) is 5.92 Å². The summed E-state index contributed by atoms with van der Waals surface area (Å²) in [5.74, 6) is 0.421. The van der Waals surface area contributed by atoms with Crippen molar-refractivity contribution in [2.45, 2.75) is 38.9 Å². The number of carbonyl (C=O) groups is 1. The fourth-order valence-corrected chi connectivity index (χ4v) is 5.04. The molecule has 3 aromatic rings. The molecule has 0 unspecified atom stereocenters. The summed E-state index contributed by atoms with van der Waals surface area (Å²) < 4.78 is 1.84. The first-order valence-electron chi connectivity index (χ1n) is 10.9. The summed E-state index contributed by atoms with van der Waals surface area (Å²) in [5.41, 5.74) is 4.39. The molecule has 7 nitrogen and oxygen atoms in total.